The number of hydrogen-bond donors (Lipinski definition) is 1. The molecule has 0 bridgehead atoms. The van der Waals surface area contributed by atoms with Crippen LogP contribution >= 0.6 is 0 Å². The Morgan fingerprint density at radius 3 is 2.33 bits per heavy atom. The van der Waals surface area contributed by atoms with Crippen molar-refractivity contribution in [3.8, 4) is 0 Å². The Kier molecular flexibility index (Phi) is 14.5. The first-order valence-electron chi connectivity index (χ1n) is 19.2. The zero-order valence-corrected chi connectivity index (χ0v) is 34.7. The molecule has 0 radical (unpaired) electrons. The fraction of sp³-hybridized carbons (Fsp3) is 0.415. The van der Waals surface area contributed by atoms with Crippen LogP contribution in [-0.4, -0.2) is 78.5 Å². The summed E-state index contributed by atoms with van der Waals surface area (Å²) in [5, 5.41) is 0.545. The van der Waals surface area contributed by atoms with Crippen molar-refractivity contribution in [3.63, 3.8) is 0 Å². The van der Waals surface area contributed by atoms with E-state index in [9.17, 15) is 40.3 Å². The van der Waals surface area contributed by atoms with E-state index in [-0.39, 0.29) is 37.9 Å². The number of benzene rings is 2. The number of imidazole rings is 1. The Hall–Kier alpha value is -5.10. The van der Waals surface area contributed by atoms with E-state index in [1.54, 1.807) is 0 Å². The number of anilines is 3. The van der Waals surface area contributed by atoms with E-state index in [1.165, 1.54) is 0 Å². The molecular formula is C41H51N5O10S2. The first-order chi connectivity index (χ1) is 27.4. The summed E-state index contributed by atoms with van der Waals surface area (Å²) in [6.45, 7) is 5.47. The molecule has 3 aromatic rings. The second-order valence-electron chi connectivity index (χ2n) is 14.8. The molecule has 312 valence electrons. The molecule has 2 aliphatic rings. The number of amides is 2. The number of imide groups is 1. The average molecular weight is 838 g/mol. The number of unbranched alkanes of at least 4 members (excludes halogenated alkanes) is 2. The Morgan fingerprint density at radius 2 is 1.64 bits per heavy atom. The summed E-state index contributed by atoms with van der Waals surface area (Å²) in [6, 6.07) is 16.2. The van der Waals surface area contributed by atoms with Gasteiger partial charge in [-0.1, -0.05) is 50.3 Å². The van der Waals surface area contributed by atoms with Crippen molar-refractivity contribution < 1.29 is 49.7 Å². The van der Waals surface area contributed by atoms with Crippen LogP contribution in [0.2, 0.25) is 0 Å². The second-order valence-corrected chi connectivity index (χ2v) is 17.9. The molecule has 0 saturated carbocycles. The first-order valence-corrected chi connectivity index (χ1v) is 22.4. The number of aromatic nitrogens is 2. The smallest absolute Gasteiger partial charge is 0.333 e. The zero-order valence-electron chi connectivity index (χ0n) is 33.0. The van der Waals surface area contributed by atoms with E-state index >= 15 is 0 Å². The summed E-state index contributed by atoms with van der Waals surface area (Å²) < 4.78 is 70.4. The third-order valence-electron chi connectivity index (χ3n) is 10.2. The number of nitrogens with zero attached hydrogens (tertiary/aromatic N) is 5. The van der Waals surface area contributed by atoms with E-state index < -0.39 is 49.2 Å². The van der Waals surface area contributed by atoms with Gasteiger partial charge in [-0.25, -0.2) is 22.3 Å². The maximum atomic E-state index is 12.2. The fourth-order valence-electron chi connectivity index (χ4n) is 7.16. The standard InChI is InChI=1S/C41H51N5O10S2/c1-41(2)34-31-33(42(3)32-15-7-4-8-16-32)20-21-35(34)45(26-14-30-58(53,54)55)36(41)17-9-5-10-18-37-43(27-28-44(37)25-13-29-57(50,51)52)24-12-6-11-19-40(49)56-46-38(47)22-23-39(46)48/h4-5,7-10,15-18,20-21,27-28,31H,6,11-14,19,22-26,29-30H2,1-3H3,(H-,50,51,52,53,54,55). The average Bonchev–Trinajstić information content (AvgIpc) is 3.76. The van der Waals surface area contributed by atoms with Gasteiger partial charge in [0.15, 0.2) is 0 Å². The number of hydroxylamine groups is 2. The van der Waals surface area contributed by atoms with Gasteiger partial charge in [-0.3, -0.25) is 14.1 Å². The van der Waals surface area contributed by atoms with E-state index in [1.807, 2.05) is 101 Å². The van der Waals surface area contributed by atoms with Gasteiger partial charge in [0.2, 0.25) is 0 Å². The predicted molar refractivity (Wildman–Crippen MR) is 218 cm³/mol. The van der Waals surface area contributed by atoms with Crippen molar-refractivity contribution in [1.82, 2.24) is 9.63 Å². The first kappa shape index (κ1) is 44.0. The Bertz CT molecular complexity index is 2270. The molecule has 1 aromatic heterocycles. The Labute approximate surface area is 340 Å². The van der Waals surface area contributed by atoms with E-state index in [0.29, 0.717) is 44.0 Å². The highest BCUT2D eigenvalue weighted by atomic mass is 32.2. The zero-order chi connectivity index (χ0) is 42.1. The molecule has 0 aliphatic carbocycles. The largest absolute Gasteiger partial charge is 0.748 e. The van der Waals surface area contributed by atoms with Gasteiger partial charge in [-0.05, 0) is 67.7 Å². The molecule has 58 heavy (non-hydrogen) atoms. The molecule has 2 aliphatic heterocycles. The molecule has 15 nitrogen and oxygen atoms in total. The van der Waals surface area contributed by atoms with Crippen molar-refractivity contribution in [2.24, 2.45) is 0 Å². The highest BCUT2D eigenvalue weighted by Crippen LogP contribution is 2.49. The molecule has 2 amide bonds. The van der Waals surface area contributed by atoms with Gasteiger partial charge < -0.3 is 19.2 Å². The second kappa shape index (κ2) is 19.1. The van der Waals surface area contributed by atoms with Crippen LogP contribution in [-0.2, 0) is 58.0 Å². The van der Waals surface area contributed by atoms with Crippen LogP contribution in [0.4, 0.5) is 17.1 Å². The third-order valence-corrected chi connectivity index (χ3v) is 11.8. The number of rotatable bonds is 20. The van der Waals surface area contributed by atoms with Crippen LogP contribution in [0.3, 0.4) is 0 Å². The van der Waals surface area contributed by atoms with Gasteiger partial charge in [-0.15, -0.1) is 5.06 Å². The summed E-state index contributed by atoms with van der Waals surface area (Å²) in [5.41, 5.74) is 4.47. The van der Waals surface area contributed by atoms with Crippen LogP contribution in [0.1, 0.15) is 76.6 Å². The number of allylic oxidation sites excluding steroid dienone is 5. The quantitative estimate of drug-likeness (QED) is 0.0517. The minimum atomic E-state index is -4.39. The lowest BCUT2D eigenvalue weighted by molar-refractivity contribution is -0.698. The van der Waals surface area contributed by atoms with Crippen molar-refractivity contribution in [2.75, 3.05) is 34.9 Å². The maximum absolute atomic E-state index is 12.2. The predicted octanol–water partition coefficient (Wildman–Crippen LogP) is 5.18. The summed E-state index contributed by atoms with van der Waals surface area (Å²) >= 11 is 0. The van der Waals surface area contributed by atoms with Crippen molar-refractivity contribution in [2.45, 2.75) is 83.7 Å². The molecule has 1 fully saturated rings. The van der Waals surface area contributed by atoms with Crippen LogP contribution < -0.4 is 14.4 Å². The maximum Gasteiger partial charge on any atom is 0.333 e. The Balaban J connectivity index is 1.31. The number of aryl methyl sites for hydroxylation is 2. The molecule has 0 unspecified atom stereocenters. The molecule has 3 heterocycles. The number of fused-ring (bicyclic) bond motifs is 1. The number of hydrogen-bond acceptors (Lipinski definition) is 11. The highest BCUT2D eigenvalue weighted by molar-refractivity contribution is 7.85. The Morgan fingerprint density at radius 1 is 0.914 bits per heavy atom. The van der Waals surface area contributed by atoms with E-state index in [4.69, 9.17) is 4.84 Å². The van der Waals surface area contributed by atoms with Crippen molar-refractivity contribution in [1.29, 1.82) is 0 Å². The lowest BCUT2D eigenvalue weighted by atomic mass is 9.83. The topological polar surface area (TPSA) is 191 Å². The minimum absolute atomic E-state index is 0.0314. The summed E-state index contributed by atoms with van der Waals surface area (Å²) in [6.07, 6.45) is 15.5. The fourth-order valence-corrected chi connectivity index (χ4v) is 8.14. The number of para-hydroxylation sites is 1. The third kappa shape index (κ3) is 11.7. The highest BCUT2D eigenvalue weighted by Gasteiger charge is 2.40. The van der Waals surface area contributed by atoms with Gasteiger partial charge in [0.1, 0.15) is 12.4 Å². The molecule has 1 saturated heterocycles. The van der Waals surface area contributed by atoms with Crippen molar-refractivity contribution in [3.05, 3.63) is 102 Å². The molecular weight excluding hydrogens is 787 g/mol. The molecule has 5 rings (SSSR count). The SMILES string of the molecule is CN(c1ccccc1)c1ccc2c(c1)C(C)(C)\C(=C/C=C/C=C/c1n(CCCCCC(=O)ON3C(=O)CCC3=O)cc[n+]1CCCS(=O)(=O)O)N2CCCS(=O)(=O)[O-]. The molecule has 17 heteroatoms. The van der Waals surface area contributed by atoms with Gasteiger partial charge >= 0.3 is 5.97 Å². The lowest BCUT2D eigenvalue weighted by Gasteiger charge is -2.27. The van der Waals surface area contributed by atoms with Crippen molar-refractivity contribution >= 4 is 61.2 Å². The normalized spacial score (nSPS) is 16.3. The van der Waals surface area contributed by atoms with Crippen LogP contribution in [0.25, 0.3) is 6.08 Å². The minimum Gasteiger partial charge on any atom is -0.748 e. The van der Waals surface area contributed by atoms with E-state index in [0.717, 1.165) is 34.1 Å². The number of carbonyl (C=O) groups is 3. The van der Waals surface area contributed by atoms with Gasteiger partial charge in [0.25, 0.3) is 27.8 Å². The molecule has 0 spiro atoms. The summed E-state index contributed by atoms with van der Waals surface area (Å²) in [7, 11) is -6.51. The van der Waals surface area contributed by atoms with E-state index in [2.05, 4.69) is 29.7 Å². The van der Waals surface area contributed by atoms with Gasteiger partial charge in [0.05, 0.1) is 29.0 Å². The van der Waals surface area contributed by atoms with Crippen LogP contribution in [0.15, 0.2) is 90.9 Å². The van der Waals surface area contributed by atoms with Gasteiger partial charge in [-0.2, -0.15) is 8.42 Å². The summed E-state index contributed by atoms with van der Waals surface area (Å²) in [4.78, 5) is 44.8. The lowest BCUT2D eigenvalue weighted by Crippen LogP contribution is -2.36. The van der Waals surface area contributed by atoms with Gasteiger partial charge in [0, 0.05) is 79.3 Å². The molecule has 2 aromatic carbocycles. The molecule has 0 atom stereocenters. The van der Waals surface area contributed by atoms with Crippen LogP contribution in [0.5, 0.6) is 0 Å². The monoisotopic (exact) mass is 837 g/mol. The summed E-state index contributed by atoms with van der Waals surface area (Å²) in [5.74, 6) is -1.76. The van der Waals surface area contributed by atoms with Crippen LogP contribution in [0, 0.1) is 0 Å². The molecule has 1 N–H and O–H groups in total. The number of carbonyl (C=O) groups excluding carboxylic acids is 3.